The van der Waals surface area contributed by atoms with Crippen molar-refractivity contribution in [2.45, 2.75) is 26.7 Å². The summed E-state index contributed by atoms with van der Waals surface area (Å²) in [6.45, 7) is 5.08. The number of anilines is 1. The molecule has 0 bridgehead atoms. The number of nitrogens with one attached hydrogen (secondary N) is 1. The van der Waals surface area contributed by atoms with Crippen LogP contribution in [0.3, 0.4) is 0 Å². The highest BCUT2D eigenvalue weighted by atomic mass is 16.5. The van der Waals surface area contributed by atoms with Crippen LogP contribution in [0.2, 0.25) is 0 Å². The quantitative estimate of drug-likeness (QED) is 0.687. The Morgan fingerprint density at radius 3 is 2.91 bits per heavy atom. The van der Waals surface area contributed by atoms with Gasteiger partial charge in [0.05, 0.1) is 5.56 Å². The summed E-state index contributed by atoms with van der Waals surface area (Å²) in [5.41, 5.74) is 2.94. The van der Waals surface area contributed by atoms with Crippen LogP contribution in [-0.2, 0) is 0 Å². The maximum Gasteiger partial charge on any atom is 0.261 e. The molecule has 5 heteroatoms. The van der Waals surface area contributed by atoms with Crippen LogP contribution in [-0.4, -0.2) is 21.7 Å². The molecule has 0 radical (unpaired) electrons. The van der Waals surface area contributed by atoms with Gasteiger partial charge < -0.3 is 9.84 Å². The molecule has 0 aliphatic heterocycles. The molecule has 0 atom stereocenters. The fourth-order valence-corrected chi connectivity index (χ4v) is 2.34. The predicted molar refractivity (Wildman–Crippen MR) is 91.1 cm³/mol. The average molecular weight is 308 g/mol. The summed E-state index contributed by atoms with van der Waals surface area (Å²) in [7, 11) is 0. The van der Waals surface area contributed by atoms with Gasteiger partial charge in [0.15, 0.2) is 0 Å². The van der Waals surface area contributed by atoms with Gasteiger partial charge >= 0.3 is 0 Å². The van der Waals surface area contributed by atoms with Crippen molar-refractivity contribution in [2.24, 2.45) is 0 Å². The molecule has 0 unspecified atom stereocenters. The summed E-state index contributed by atoms with van der Waals surface area (Å²) in [4.78, 5) is 8.91. The molecule has 3 rings (SSSR count). The normalized spacial score (nSPS) is 10.7. The monoisotopic (exact) mass is 308 g/mol. The summed E-state index contributed by atoms with van der Waals surface area (Å²) in [6.07, 6.45) is 3.98. The zero-order valence-corrected chi connectivity index (χ0v) is 13.4. The molecule has 0 saturated heterocycles. The molecule has 0 aliphatic rings. The Bertz CT molecular complexity index is 782. The molecule has 0 fully saturated rings. The molecule has 118 valence electrons. The number of hydrogen-bond acceptors (Lipinski definition) is 5. The fraction of sp³-hybridized carbons (Fsp3) is 0.278. The summed E-state index contributed by atoms with van der Waals surface area (Å²) >= 11 is 0. The number of aromatic nitrogens is 3. The number of unbranched alkanes of at least 4 members (excludes halogenated alkanes) is 1. The van der Waals surface area contributed by atoms with Crippen molar-refractivity contribution in [3.63, 3.8) is 0 Å². The molecule has 1 N–H and O–H groups in total. The van der Waals surface area contributed by atoms with E-state index in [0.717, 1.165) is 41.9 Å². The van der Waals surface area contributed by atoms with Crippen LogP contribution in [0.15, 0.2) is 47.1 Å². The first kappa shape index (κ1) is 15.2. The molecular weight excluding hydrogens is 288 g/mol. The number of rotatable bonds is 6. The average Bonchev–Trinajstić information content (AvgIpc) is 3.05. The molecular formula is C18H20N4O. The molecule has 23 heavy (non-hydrogen) atoms. The second-order valence-electron chi connectivity index (χ2n) is 5.47. The van der Waals surface area contributed by atoms with E-state index in [1.807, 2.05) is 43.3 Å². The minimum atomic E-state index is 0.480. The van der Waals surface area contributed by atoms with Crippen LogP contribution in [0.5, 0.6) is 0 Å². The summed E-state index contributed by atoms with van der Waals surface area (Å²) in [6, 6.07) is 11.9. The van der Waals surface area contributed by atoms with Crippen LogP contribution < -0.4 is 5.32 Å². The fourth-order valence-electron chi connectivity index (χ4n) is 2.34. The Morgan fingerprint density at radius 2 is 2.09 bits per heavy atom. The van der Waals surface area contributed by atoms with E-state index in [0.29, 0.717) is 11.7 Å². The summed E-state index contributed by atoms with van der Waals surface area (Å²) in [5, 5.41) is 7.43. The summed E-state index contributed by atoms with van der Waals surface area (Å²) in [5.74, 6) is 1.85. The van der Waals surface area contributed by atoms with Crippen molar-refractivity contribution in [1.82, 2.24) is 15.1 Å². The smallest absolute Gasteiger partial charge is 0.261 e. The Hall–Kier alpha value is -2.69. The zero-order valence-electron chi connectivity index (χ0n) is 13.4. The highest BCUT2D eigenvalue weighted by molar-refractivity contribution is 5.70. The Labute approximate surface area is 135 Å². The lowest BCUT2D eigenvalue weighted by atomic mass is 10.1. The van der Waals surface area contributed by atoms with Gasteiger partial charge in [0, 0.05) is 18.3 Å². The Balaban J connectivity index is 1.88. The molecule has 0 saturated carbocycles. The summed E-state index contributed by atoms with van der Waals surface area (Å²) < 4.78 is 5.45. The van der Waals surface area contributed by atoms with Crippen LogP contribution in [0.4, 0.5) is 5.82 Å². The van der Waals surface area contributed by atoms with E-state index in [2.05, 4.69) is 27.4 Å². The van der Waals surface area contributed by atoms with E-state index in [-0.39, 0.29) is 0 Å². The molecule has 1 aromatic carbocycles. The second kappa shape index (κ2) is 7.05. The standard InChI is InChI=1S/C18H20N4O/c1-3-4-10-19-17-15(9-6-11-20-17)18-21-16(22-23-18)14-8-5-7-13(2)12-14/h5-9,11-12H,3-4,10H2,1-2H3,(H,19,20). The lowest BCUT2D eigenvalue weighted by Crippen LogP contribution is -2.04. The van der Waals surface area contributed by atoms with Gasteiger partial charge in [-0.15, -0.1) is 0 Å². The molecule has 3 aromatic rings. The number of hydrogen-bond donors (Lipinski definition) is 1. The van der Waals surface area contributed by atoms with Crippen molar-refractivity contribution in [2.75, 3.05) is 11.9 Å². The van der Waals surface area contributed by atoms with E-state index < -0.39 is 0 Å². The maximum atomic E-state index is 5.45. The highest BCUT2D eigenvalue weighted by Crippen LogP contribution is 2.27. The number of nitrogens with zero attached hydrogens (tertiary/aromatic N) is 3. The van der Waals surface area contributed by atoms with Gasteiger partial charge in [0.1, 0.15) is 5.82 Å². The first-order valence-electron chi connectivity index (χ1n) is 7.88. The number of benzene rings is 1. The Kier molecular flexibility index (Phi) is 4.66. The van der Waals surface area contributed by atoms with Gasteiger partial charge in [-0.25, -0.2) is 4.98 Å². The van der Waals surface area contributed by atoms with Crippen LogP contribution in [0.1, 0.15) is 25.3 Å². The minimum absolute atomic E-state index is 0.480. The molecule has 0 spiro atoms. The second-order valence-corrected chi connectivity index (χ2v) is 5.47. The molecule has 5 nitrogen and oxygen atoms in total. The highest BCUT2D eigenvalue weighted by Gasteiger charge is 2.14. The largest absolute Gasteiger partial charge is 0.369 e. The van der Waals surface area contributed by atoms with Gasteiger partial charge in [0.2, 0.25) is 5.82 Å². The third-order valence-electron chi connectivity index (χ3n) is 3.56. The van der Waals surface area contributed by atoms with Gasteiger partial charge in [-0.3, -0.25) is 0 Å². The predicted octanol–water partition coefficient (Wildman–Crippen LogP) is 4.32. The van der Waals surface area contributed by atoms with E-state index in [9.17, 15) is 0 Å². The van der Waals surface area contributed by atoms with E-state index in [4.69, 9.17) is 4.52 Å². The third kappa shape index (κ3) is 3.56. The minimum Gasteiger partial charge on any atom is -0.369 e. The molecule has 2 heterocycles. The van der Waals surface area contributed by atoms with Crippen molar-refractivity contribution in [3.05, 3.63) is 48.2 Å². The van der Waals surface area contributed by atoms with Crippen LogP contribution >= 0.6 is 0 Å². The third-order valence-corrected chi connectivity index (χ3v) is 3.56. The van der Waals surface area contributed by atoms with Gasteiger partial charge in [-0.05, 0) is 31.5 Å². The SMILES string of the molecule is CCCCNc1ncccc1-c1nc(-c2cccc(C)c2)no1. The topological polar surface area (TPSA) is 63.8 Å². The van der Waals surface area contributed by atoms with Gasteiger partial charge in [0.25, 0.3) is 5.89 Å². The molecule has 0 aliphatic carbocycles. The first-order chi connectivity index (χ1) is 11.3. The van der Waals surface area contributed by atoms with Crippen molar-refractivity contribution in [3.8, 4) is 22.8 Å². The Morgan fingerprint density at radius 1 is 1.17 bits per heavy atom. The van der Waals surface area contributed by atoms with Gasteiger partial charge in [-0.2, -0.15) is 4.98 Å². The lowest BCUT2D eigenvalue weighted by Gasteiger charge is -2.07. The van der Waals surface area contributed by atoms with Crippen molar-refractivity contribution < 1.29 is 4.52 Å². The van der Waals surface area contributed by atoms with Crippen molar-refractivity contribution >= 4 is 5.82 Å². The number of aryl methyl sites for hydroxylation is 1. The van der Waals surface area contributed by atoms with Crippen LogP contribution in [0, 0.1) is 6.92 Å². The van der Waals surface area contributed by atoms with Crippen molar-refractivity contribution in [1.29, 1.82) is 0 Å². The van der Waals surface area contributed by atoms with E-state index >= 15 is 0 Å². The molecule has 2 aromatic heterocycles. The van der Waals surface area contributed by atoms with Crippen LogP contribution in [0.25, 0.3) is 22.8 Å². The lowest BCUT2D eigenvalue weighted by molar-refractivity contribution is 0.432. The van der Waals surface area contributed by atoms with Gasteiger partial charge in [-0.1, -0.05) is 42.3 Å². The first-order valence-corrected chi connectivity index (χ1v) is 7.88. The zero-order chi connectivity index (χ0) is 16.1. The van der Waals surface area contributed by atoms with E-state index in [1.165, 1.54) is 0 Å². The molecule has 0 amide bonds. The van der Waals surface area contributed by atoms with E-state index in [1.54, 1.807) is 6.20 Å². The maximum absolute atomic E-state index is 5.45. The number of pyridine rings is 1.